The fourth-order valence-corrected chi connectivity index (χ4v) is 1.67. The average molecular weight is 260 g/mol. The molecule has 0 aliphatic heterocycles. The van der Waals surface area contributed by atoms with Crippen LogP contribution in [0.4, 0.5) is 15.9 Å². The third-order valence-corrected chi connectivity index (χ3v) is 2.58. The first-order valence-corrected chi connectivity index (χ1v) is 5.85. The Labute approximate surface area is 109 Å². The van der Waals surface area contributed by atoms with Gasteiger partial charge >= 0.3 is 5.97 Å². The van der Waals surface area contributed by atoms with Crippen molar-refractivity contribution in [2.45, 2.75) is 13.3 Å². The van der Waals surface area contributed by atoms with Gasteiger partial charge in [-0.2, -0.15) is 0 Å². The summed E-state index contributed by atoms with van der Waals surface area (Å²) < 4.78 is 13.1. The summed E-state index contributed by atoms with van der Waals surface area (Å²) in [4.78, 5) is 15.3. The smallest absolute Gasteiger partial charge is 0.335 e. The van der Waals surface area contributed by atoms with Crippen LogP contribution in [-0.4, -0.2) is 16.1 Å². The molecule has 2 rings (SSSR count). The van der Waals surface area contributed by atoms with E-state index in [2.05, 4.69) is 10.3 Å². The van der Waals surface area contributed by atoms with Crippen molar-refractivity contribution in [2.24, 2.45) is 0 Å². The Bertz CT molecular complexity index is 614. The van der Waals surface area contributed by atoms with Crippen molar-refractivity contribution in [1.82, 2.24) is 4.98 Å². The van der Waals surface area contributed by atoms with Crippen LogP contribution < -0.4 is 5.32 Å². The van der Waals surface area contributed by atoms with E-state index < -0.39 is 5.97 Å². The predicted octanol–water partition coefficient (Wildman–Crippen LogP) is 3.22. The van der Waals surface area contributed by atoms with Crippen LogP contribution in [0.3, 0.4) is 0 Å². The van der Waals surface area contributed by atoms with Gasteiger partial charge < -0.3 is 10.4 Å². The lowest BCUT2D eigenvalue weighted by atomic mass is 10.2. The van der Waals surface area contributed by atoms with Gasteiger partial charge in [0.15, 0.2) is 0 Å². The molecule has 5 heteroatoms. The quantitative estimate of drug-likeness (QED) is 0.886. The molecule has 0 fully saturated rings. The summed E-state index contributed by atoms with van der Waals surface area (Å²) in [6.45, 7) is 1.89. The SMILES string of the molecule is CCc1cc(C(=O)O)cc(Nc2cccc(F)c2)n1. The summed E-state index contributed by atoms with van der Waals surface area (Å²) in [6, 6.07) is 8.86. The van der Waals surface area contributed by atoms with E-state index in [4.69, 9.17) is 5.11 Å². The van der Waals surface area contributed by atoms with E-state index in [0.29, 0.717) is 23.6 Å². The maximum absolute atomic E-state index is 13.1. The number of anilines is 2. The highest BCUT2D eigenvalue weighted by Crippen LogP contribution is 2.18. The van der Waals surface area contributed by atoms with Gasteiger partial charge in [0, 0.05) is 11.4 Å². The number of hydrogen-bond acceptors (Lipinski definition) is 3. The summed E-state index contributed by atoms with van der Waals surface area (Å²) in [6.07, 6.45) is 0.624. The van der Waals surface area contributed by atoms with Gasteiger partial charge in [-0.3, -0.25) is 0 Å². The van der Waals surface area contributed by atoms with Crippen LogP contribution in [0, 0.1) is 5.82 Å². The first kappa shape index (κ1) is 13.0. The maximum atomic E-state index is 13.1. The van der Waals surface area contributed by atoms with Crippen molar-refractivity contribution in [3.8, 4) is 0 Å². The zero-order chi connectivity index (χ0) is 13.8. The summed E-state index contributed by atoms with van der Waals surface area (Å²) in [5.41, 5.74) is 1.35. The van der Waals surface area contributed by atoms with Gasteiger partial charge in [0.25, 0.3) is 0 Å². The van der Waals surface area contributed by atoms with Crippen molar-refractivity contribution >= 4 is 17.5 Å². The molecule has 0 saturated heterocycles. The van der Waals surface area contributed by atoms with Gasteiger partial charge in [-0.1, -0.05) is 13.0 Å². The zero-order valence-electron chi connectivity index (χ0n) is 10.4. The van der Waals surface area contributed by atoms with Crippen LogP contribution in [0.1, 0.15) is 23.0 Å². The fourth-order valence-electron chi connectivity index (χ4n) is 1.67. The summed E-state index contributed by atoms with van der Waals surface area (Å²) in [5, 5.41) is 11.9. The zero-order valence-corrected chi connectivity index (χ0v) is 10.4. The number of pyridine rings is 1. The van der Waals surface area contributed by atoms with Crippen molar-refractivity contribution in [1.29, 1.82) is 0 Å². The molecule has 0 aliphatic rings. The number of rotatable bonds is 4. The molecule has 2 N–H and O–H groups in total. The minimum Gasteiger partial charge on any atom is -0.478 e. The molecule has 4 nitrogen and oxygen atoms in total. The number of hydrogen-bond donors (Lipinski definition) is 2. The topological polar surface area (TPSA) is 62.2 Å². The van der Waals surface area contributed by atoms with E-state index in [1.165, 1.54) is 24.3 Å². The Balaban J connectivity index is 2.34. The van der Waals surface area contributed by atoms with Gasteiger partial charge in [-0.05, 0) is 36.8 Å². The number of carboxylic acid groups (broad SMARTS) is 1. The van der Waals surface area contributed by atoms with E-state index in [-0.39, 0.29) is 11.4 Å². The molecule has 1 aromatic heterocycles. The number of nitrogens with one attached hydrogen (secondary N) is 1. The first-order chi connectivity index (χ1) is 9.08. The third-order valence-electron chi connectivity index (χ3n) is 2.58. The number of carboxylic acids is 1. The molecular formula is C14H13FN2O2. The molecule has 0 radical (unpaired) electrons. The number of aryl methyl sites for hydroxylation is 1. The molecule has 0 atom stereocenters. The van der Waals surface area contributed by atoms with Crippen molar-refractivity contribution in [2.75, 3.05) is 5.32 Å². The minimum absolute atomic E-state index is 0.158. The molecule has 0 amide bonds. The lowest BCUT2D eigenvalue weighted by Crippen LogP contribution is -2.03. The Morgan fingerprint density at radius 2 is 2.16 bits per heavy atom. The summed E-state index contributed by atoms with van der Waals surface area (Å²) in [7, 11) is 0. The second-order valence-electron chi connectivity index (χ2n) is 4.03. The lowest BCUT2D eigenvalue weighted by molar-refractivity contribution is 0.0696. The Hall–Kier alpha value is -2.43. The number of aromatic carboxylic acids is 1. The number of nitrogens with zero attached hydrogens (tertiary/aromatic N) is 1. The van der Waals surface area contributed by atoms with Crippen molar-refractivity contribution in [3.63, 3.8) is 0 Å². The van der Waals surface area contributed by atoms with Crippen LogP contribution in [0.15, 0.2) is 36.4 Å². The second kappa shape index (κ2) is 5.48. The van der Waals surface area contributed by atoms with Gasteiger partial charge in [0.05, 0.1) is 5.56 Å². The van der Waals surface area contributed by atoms with Crippen LogP contribution in [0.5, 0.6) is 0 Å². The average Bonchev–Trinajstić information content (AvgIpc) is 2.38. The van der Waals surface area contributed by atoms with Gasteiger partial charge in [0.1, 0.15) is 11.6 Å². The largest absolute Gasteiger partial charge is 0.478 e. The Morgan fingerprint density at radius 3 is 2.79 bits per heavy atom. The van der Waals surface area contributed by atoms with Crippen LogP contribution in [0.25, 0.3) is 0 Å². The Kier molecular flexibility index (Phi) is 3.75. The highest BCUT2D eigenvalue weighted by Gasteiger charge is 2.08. The molecular weight excluding hydrogens is 247 g/mol. The molecule has 0 saturated carbocycles. The predicted molar refractivity (Wildman–Crippen MR) is 70.3 cm³/mol. The van der Waals surface area contributed by atoms with Gasteiger partial charge in [-0.15, -0.1) is 0 Å². The van der Waals surface area contributed by atoms with E-state index >= 15 is 0 Å². The second-order valence-corrected chi connectivity index (χ2v) is 4.03. The summed E-state index contributed by atoms with van der Waals surface area (Å²) in [5.74, 6) is -0.989. The van der Waals surface area contributed by atoms with Gasteiger partial charge in [0.2, 0.25) is 0 Å². The monoisotopic (exact) mass is 260 g/mol. The Morgan fingerprint density at radius 1 is 1.37 bits per heavy atom. The molecule has 0 aliphatic carbocycles. The normalized spacial score (nSPS) is 10.2. The standard InChI is InChI=1S/C14H13FN2O2/c1-2-11-6-9(14(18)19)7-13(16-11)17-12-5-3-4-10(15)8-12/h3-8H,2H2,1H3,(H,16,17)(H,18,19). The summed E-state index contributed by atoms with van der Waals surface area (Å²) >= 11 is 0. The number of aromatic nitrogens is 1. The van der Waals surface area contributed by atoms with Crippen LogP contribution in [-0.2, 0) is 6.42 Å². The highest BCUT2D eigenvalue weighted by atomic mass is 19.1. The van der Waals surface area contributed by atoms with E-state index in [1.807, 2.05) is 6.92 Å². The molecule has 1 aromatic carbocycles. The molecule has 0 spiro atoms. The number of carbonyl (C=O) groups is 1. The van der Waals surface area contributed by atoms with Crippen LogP contribution >= 0.6 is 0 Å². The van der Waals surface area contributed by atoms with E-state index in [0.717, 1.165) is 0 Å². The van der Waals surface area contributed by atoms with Crippen molar-refractivity contribution in [3.05, 3.63) is 53.5 Å². The molecule has 1 heterocycles. The van der Waals surface area contributed by atoms with E-state index in [9.17, 15) is 9.18 Å². The third kappa shape index (κ3) is 3.28. The van der Waals surface area contributed by atoms with Crippen LogP contribution in [0.2, 0.25) is 0 Å². The molecule has 0 unspecified atom stereocenters. The van der Waals surface area contributed by atoms with E-state index in [1.54, 1.807) is 12.1 Å². The minimum atomic E-state index is -1.01. The molecule has 19 heavy (non-hydrogen) atoms. The molecule has 2 aromatic rings. The van der Waals surface area contributed by atoms with Gasteiger partial charge in [-0.25, -0.2) is 14.2 Å². The first-order valence-electron chi connectivity index (χ1n) is 5.85. The number of benzene rings is 1. The lowest BCUT2D eigenvalue weighted by Gasteiger charge is -2.08. The fraction of sp³-hybridized carbons (Fsp3) is 0.143. The van der Waals surface area contributed by atoms with Crippen molar-refractivity contribution < 1.29 is 14.3 Å². The molecule has 0 bridgehead atoms. The molecule has 98 valence electrons. The number of halogens is 1. The highest BCUT2D eigenvalue weighted by molar-refractivity contribution is 5.88. The maximum Gasteiger partial charge on any atom is 0.335 e.